The highest BCUT2D eigenvalue weighted by Gasteiger charge is 2.30. The first-order chi connectivity index (χ1) is 50.5. The molecule has 0 spiro atoms. The maximum atomic E-state index is 13.1. The van der Waals surface area contributed by atoms with Crippen molar-refractivity contribution >= 4 is 39.5 Å². The van der Waals surface area contributed by atoms with Crippen LogP contribution in [-0.4, -0.2) is 96.7 Å². The number of hydrogen-bond acceptors (Lipinski definition) is 15. The van der Waals surface area contributed by atoms with Gasteiger partial charge in [0.15, 0.2) is 12.2 Å². The van der Waals surface area contributed by atoms with Gasteiger partial charge in [0, 0.05) is 25.7 Å². The topological polar surface area (TPSA) is 237 Å². The van der Waals surface area contributed by atoms with Crippen molar-refractivity contribution in [3.8, 4) is 0 Å². The highest BCUT2D eigenvalue weighted by Crippen LogP contribution is 2.45. The van der Waals surface area contributed by atoms with E-state index in [1.54, 1.807) is 0 Å². The smallest absolute Gasteiger partial charge is 0.462 e. The quantitative estimate of drug-likeness (QED) is 0.0222. The van der Waals surface area contributed by atoms with Crippen LogP contribution in [0, 0.1) is 5.92 Å². The van der Waals surface area contributed by atoms with Crippen molar-refractivity contribution in [2.24, 2.45) is 5.92 Å². The summed E-state index contributed by atoms with van der Waals surface area (Å²) < 4.78 is 68.8. The van der Waals surface area contributed by atoms with Gasteiger partial charge in [-0.25, -0.2) is 9.13 Å². The molecule has 0 amide bonds. The van der Waals surface area contributed by atoms with Gasteiger partial charge in [0.2, 0.25) is 0 Å². The zero-order valence-corrected chi connectivity index (χ0v) is 70.0. The minimum absolute atomic E-state index is 0.109. The molecule has 0 aliphatic carbocycles. The van der Waals surface area contributed by atoms with Crippen molar-refractivity contribution in [3.05, 3.63) is 0 Å². The summed E-state index contributed by atoms with van der Waals surface area (Å²) in [7, 11) is -9.92. The van der Waals surface area contributed by atoms with E-state index < -0.39 is 97.5 Å². The van der Waals surface area contributed by atoms with E-state index in [-0.39, 0.29) is 25.7 Å². The van der Waals surface area contributed by atoms with Crippen LogP contribution in [0.2, 0.25) is 0 Å². The Morgan fingerprint density at radius 3 is 0.654 bits per heavy atom. The Labute approximate surface area is 638 Å². The second-order valence-corrected chi connectivity index (χ2v) is 34.0. The molecule has 0 aliphatic heterocycles. The summed E-state index contributed by atoms with van der Waals surface area (Å²) >= 11 is 0. The maximum absolute atomic E-state index is 13.1. The van der Waals surface area contributed by atoms with Crippen molar-refractivity contribution < 1.29 is 80.2 Å². The summed E-state index contributed by atoms with van der Waals surface area (Å²) in [4.78, 5) is 73.1. The first-order valence-corrected chi connectivity index (χ1v) is 47.1. The minimum atomic E-state index is -4.96. The van der Waals surface area contributed by atoms with E-state index in [0.717, 1.165) is 95.8 Å². The molecule has 0 bridgehead atoms. The van der Waals surface area contributed by atoms with Gasteiger partial charge in [-0.1, -0.05) is 407 Å². The Kier molecular flexibility index (Phi) is 76.3. The molecule has 0 fully saturated rings. The number of carbonyl (C=O) groups is 4. The number of phosphoric ester groups is 2. The van der Waals surface area contributed by atoms with Crippen LogP contribution in [0.1, 0.15) is 458 Å². The second-order valence-electron chi connectivity index (χ2n) is 31.1. The molecule has 618 valence electrons. The number of ether oxygens (including phenoxy) is 4. The molecule has 0 aromatic rings. The van der Waals surface area contributed by atoms with Crippen molar-refractivity contribution in [3.63, 3.8) is 0 Å². The normalized spacial score (nSPS) is 13.8. The summed E-state index contributed by atoms with van der Waals surface area (Å²) in [6.07, 6.45) is 71.0. The van der Waals surface area contributed by atoms with Crippen molar-refractivity contribution in [2.45, 2.75) is 477 Å². The number of phosphoric acid groups is 2. The number of carbonyl (C=O) groups excluding carboxylic acids is 4. The van der Waals surface area contributed by atoms with E-state index in [9.17, 15) is 43.2 Å². The van der Waals surface area contributed by atoms with Crippen LogP contribution >= 0.6 is 15.6 Å². The minimum Gasteiger partial charge on any atom is -0.462 e. The molecule has 3 N–H and O–H groups in total. The standard InChI is InChI=1S/C85H166O17P2/c1-6-9-12-15-18-21-23-25-27-29-30-31-32-33-39-43-47-51-56-61-66-71-85(90)102-81(75-96-83(88)69-64-59-54-49-45-41-38-35-34-36-40-44-48-52-57-62-67-78(4)5)77-100-104(93,94)98-73-79(86)72-97-103(91,92)99-76-80(74-95-82(87)68-63-58-53-20-17-14-11-8-3)101-84(89)70-65-60-55-50-46-42-37-28-26-24-22-19-16-13-10-7-2/h78-81,86H,6-77H2,1-5H3,(H,91,92)(H,93,94)/t79-,80+,81+/m0/s1. The zero-order valence-electron chi connectivity index (χ0n) is 68.2. The number of unbranched alkanes of at least 4 members (excludes halogenated alkanes) is 57. The van der Waals surface area contributed by atoms with Gasteiger partial charge in [0.25, 0.3) is 0 Å². The van der Waals surface area contributed by atoms with Crippen molar-refractivity contribution in [2.75, 3.05) is 39.6 Å². The molecule has 0 rings (SSSR count). The Morgan fingerprint density at radius 2 is 0.442 bits per heavy atom. The second kappa shape index (κ2) is 77.8. The summed E-state index contributed by atoms with van der Waals surface area (Å²) in [6.45, 7) is 7.36. The summed E-state index contributed by atoms with van der Waals surface area (Å²) in [5.74, 6) is -1.29. The first kappa shape index (κ1) is 102. The van der Waals surface area contributed by atoms with Crippen LogP contribution in [0.25, 0.3) is 0 Å². The molecule has 0 heterocycles. The fourth-order valence-electron chi connectivity index (χ4n) is 13.3. The monoisotopic (exact) mass is 1520 g/mol. The molecule has 0 aliphatic rings. The Hall–Kier alpha value is -1.94. The Balaban J connectivity index is 5.18. The Bertz CT molecular complexity index is 1980. The largest absolute Gasteiger partial charge is 0.472 e. The molecular formula is C85H166O17P2. The molecule has 5 atom stereocenters. The lowest BCUT2D eigenvalue weighted by Gasteiger charge is -2.21. The molecule has 17 nitrogen and oxygen atoms in total. The van der Waals surface area contributed by atoms with Gasteiger partial charge in [-0.3, -0.25) is 37.3 Å². The number of esters is 4. The third-order valence-corrected chi connectivity index (χ3v) is 21.9. The van der Waals surface area contributed by atoms with Gasteiger partial charge < -0.3 is 33.8 Å². The number of aliphatic hydroxyl groups excluding tert-OH is 1. The van der Waals surface area contributed by atoms with Gasteiger partial charge in [0.05, 0.1) is 26.4 Å². The van der Waals surface area contributed by atoms with E-state index >= 15 is 0 Å². The predicted octanol–water partition coefficient (Wildman–Crippen LogP) is 26.0. The first-order valence-electron chi connectivity index (χ1n) is 44.1. The van der Waals surface area contributed by atoms with Crippen LogP contribution in [0.4, 0.5) is 0 Å². The summed E-state index contributed by atoms with van der Waals surface area (Å²) in [6, 6.07) is 0. The van der Waals surface area contributed by atoms with Gasteiger partial charge in [-0.2, -0.15) is 0 Å². The van der Waals surface area contributed by atoms with E-state index in [1.807, 2.05) is 0 Å². The van der Waals surface area contributed by atoms with Crippen LogP contribution in [0.5, 0.6) is 0 Å². The van der Waals surface area contributed by atoms with E-state index in [0.29, 0.717) is 25.7 Å². The third kappa shape index (κ3) is 78.2. The van der Waals surface area contributed by atoms with Crippen LogP contribution in [0.15, 0.2) is 0 Å². The molecule has 19 heteroatoms. The molecule has 104 heavy (non-hydrogen) atoms. The molecule has 2 unspecified atom stereocenters. The number of hydrogen-bond donors (Lipinski definition) is 3. The van der Waals surface area contributed by atoms with Gasteiger partial charge in [-0.05, 0) is 31.6 Å². The predicted molar refractivity (Wildman–Crippen MR) is 428 cm³/mol. The third-order valence-electron chi connectivity index (χ3n) is 20.0. The number of aliphatic hydroxyl groups is 1. The summed E-state index contributed by atoms with van der Waals surface area (Å²) in [5, 5.41) is 10.7. The van der Waals surface area contributed by atoms with E-state index in [4.69, 9.17) is 37.0 Å². The average Bonchev–Trinajstić information content (AvgIpc) is 0.951. The summed E-state index contributed by atoms with van der Waals surface area (Å²) in [5.41, 5.74) is 0. The highest BCUT2D eigenvalue weighted by molar-refractivity contribution is 7.47. The fourth-order valence-corrected chi connectivity index (χ4v) is 14.9. The van der Waals surface area contributed by atoms with Crippen molar-refractivity contribution in [1.29, 1.82) is 0 Å². The highest BCUT2D eigenvalue weighted by atomic mass is 31.2. The van der Waals surface area contributed by atoms with Gasteiger partial charge in [-0.15, -0.1) is 0 Å². The van der Waals surface area contributed by atoms with Crippen molar-refractivity contribution in [1.82, 2.24) is 0 Å². The molecule has 0 saturated carbocycles. The molecular weight excluding hydrogens is 1350 g/mol. The van der Waals surface area contributed by atoms with Gasteiger partial charge in [0.1, 0.15) is 19.3 Å². The lowest BCUT2D eigenvalue weighted by atomic mass is 10.0. The van der Waals surface area contributed by atoms with Crippen LogP contribution in [-0.2, 0) is 65.4 Å². The van der Waals surface area contributed by atoms with Crippen LogP contribution in [0.3, 0.4) is 0 Å². The molecule has 0 aromatic carbocycles. The lowest BCUT2D eigenvalue weighted by molar-refractivity contribution is -0.161. The SMILES string of the molecule is CCCCCCCCCCCCCCCCCCCCCCCC(=O)O[C@H](COC(=O)CCCCCCCCCCCCCCCCCCC(C)C)COP(=O)(O)OC[C@@H](O)COP(=O)(O)OC[C@@H](COC(=O)CCCCCCCCCC)OC(=O)CCCCCCCCCCCCCCCCCC. The number of rotatable bonds is 85. The molecule has 0 aromatic heterocycles. The fraction of sp³-hybridized carbons (Fsp3) is 0.953. The van der Waals surface area contributed by atoms with Crippen LogP contribution < -0.4 is 0 Å². The van der Waals surface area contributed by atoms with Gasteiger partial charge >= 0.3 is 39.5 Å². The lowest BCUT2D eigenvalue weighted by Crippen LogP contribution is -2.30. The average molecular weight is 1520 g/mol. The Morgan fingerprint density at radius 1 is 0.260 bits per heavy atom. The maximum Gasteiger partial charge on any atom is 0.472 e. The van der Waals surface area contributed by atoms with E-state index in [2.05, 4.69) is 34.6 Å². The van der Waals surface area contributed by atoms with E-state index in [1.165, 1.54) is 283 Å². The molecule has 0 radical (unpaired) electrons. The molecule has 0 saturated heterocycles. The zero-order chi connectivity index (χ0) is 76.2.